The second-order valence-electron chi connectivity index (χ2n) is 4.58. The van der Waals surface area contributed by atoms with E-state index in [9.17, 15) is 0 Å². The quantitative estimate of drug-likeness (QED) is 0.745. The first-order valence-electron chi connectivity index (χ1n) is 5.42. The van der Waals surface area contributed by atoms with Gasteiger partial charge in [-0.1, -0.05) is 27.7 Å². The van der Waals surface area contributed by atoms with E-state index in [0.29, 0.717) is 11.8 Å². The number of halogens is 1. The molecule has 0 aliphatic carbocycles. The Bertz CT molecular complexity index is 318. The first-order chi connectivity index (χ1) is 6.99. The van der Waals surface area contributed by atoms with Gasteiger partial charge in [0, 0.05) is 3.57 Å². The molecule has 0 N–H and O–H groups in total. The van der Waals surface area contributed by atoms with Gasteiger partial charge in [0.05, 0.1) is 6.61 Å². The standard InChI is InChI=1S/C13H19IO/c1-9(2)8-15-13-6-11(10(3)4)5-12(14)7-13/h5-7,9-10H,8H2,1-4H3. The topological polar surface area (TPSA) is 9.23 Å². The zero-order chi connectivity index (χ0) is 11.4. The molecule has 0 heterocycles. The van der Waals surface area contributed by atoms with Crippen molar-refractivity contribution in [2.24, 2.45) is 5.92 Å². The Hall–Kier alpha value is -0.250. The van der Waals surface area contributed by atoms with Crippen LogP contribution in [0.3, 0.4) is 0 Å². The molecule has 0 bridgehead atoms. The van der Waals surface area contributed by atoms with E-state index in [1.807, 2.05) is 0 Å². The number of rotatable bonds is 4. The lowest BCUT2D eigenvalue weighted by molar-refractivity contribution is 0.270. The van der Waals surface area contributed by atoms with Crippen LogP contribution in [0.15, 0.2) is 18.2 Å². The van der Waals surface area contributed by atoms with Gasteiger partial charge in [0.15, 0.2) is 0 Å². The monoisotopic (exact) mass is 318 g/mol. The summed E-state index contributed by atoms with van der Waals surface area (Å²) in [6.07, 6.45) is 0. The van der Waals surface area contributed by atoms with Gasteiger partial charge in [-0.15, -0.1) is 0 Å². The van der Waals surface area contributed by atoms with Crippen LogP contribution in [-0.2, 0) is 0 Å². The van der Waals surface area contributed by atoms with Gasteiger partial charge in [-0.25, -0.2) is 0 Å². The molecule has 0 aliphatic rings. The van der Waals surface area contributed by atoms with Crippen molar-refractivity contribution < 1.29 is 4.74 Å². The molecule has 1 aromatic carbocycles. The maximum atomic E-state index is 5.73. The largest absolute Gasteiger partial charge is 0.493 e. The first-order valence-corrected chi connectivity index (χ1v) is 6.50. The van der Waals surface area contributed by atoms with E-state index in [-0.39, 0.29) is 0 Å². The predicted molar refractivity (Wildman–Crippen MR) is 73.6 cm³/mol. The summed E-state index contributed by atoms with van der Waals surface area (Å²) in [5.41, 5.74) is 1.35. The van der Waals surface area contributed by atoms with Gasteiger partial charge in [0.2, 0.25) is 0 Å². The molecule has 0 saturated carbocycles. The maximum absolute atomic E-state index is 5.73. The third-order valence-corrected chi connectivity index (χ3v) is 2.77. The summed E-state index contributed by atoms with van der Waals surface area (Å²) in [6, 6.07) is 6.46. The van der Waals surface area contributed by atoms with Crippen LogP contribution >= 0.6 is 22.6 Å². The van der Waals surface area contributed by atoms with E-state index in [2.05, 4.69) is 68.5 Å². The molecule has 1 nitrogen and oxygen atoms in total. The Morgan fingerprint density at radius 1 is 1.13 bits per heavy atom. The van der Waals surface area contributed by atoms with Crippen LogP contribution in [0.25, 0.3) is 0 Å². The molecule has 0 saturated heterocycles. The molecule has 0 spiro atoms. The Labute approximate surface area is 106 Å². The van der Waals surface area contributed by atoms with E-state index < -0.39 is 0 Å². The van der Waals surface area contributed by atoms with Gasteiger partial charge in [-0.2, -0.15) is 0 Å². The summed E-state index contributed by atoms with van der Waals surface area (Å²) in [5, 5.41) is 0. The van der Waals surface area contributed by atoms with Crippen molar-refractivity contribution in [3.8, 4) is 5.75 Å². The normalized spacial score (nSPS) is 11.1. The van der Waals surface area contributed by atoms with Crippen LogP contribution in [-0.4, -0.2) is 6.61 Å². The van der Waals surface area contributed by atoms with E-state index in [1.165, 1.54) is 9.13 Å². The van der Waals surface area contributed by atoms with Crippen molar-refractivity contribution in [1.82, 2.24) is 0 Å². The SMILES string of the molecule is CC(C)COc1cc(I)cc(C(C)C)c1. The van der Waals surface area contributed by atoms with Crippen LogP contribution < -0.4 is 4.74 Å². The molecule has 2 heteroatoms. The van der Waals surface area contributed by atoms with Gasteiger partial charge in [0.1, 0.15) is 5.75 Å². The molecule has 0 fully saturated rings. The van der Waals surface area contributed by atoms with Crippen LogP contribution in [0.5, 0.6) is 5.75 Å². The fourth-order valence-electron chi connectivity index (χ4n) is 1.26. The predicted octanol–water partition coefficient (Wildman–Crippen LogP) is 4.45. The number of hydrogen-bond acceptors (Lipinski definition) is 1. The Morgan fingerprint density at radius 3 is 2.33 bits per heavy atom. The minimum Gasteiger partial charge on any atom is -0.493 e. The molecule has 15 heavy (non-hydrogen) atoms. The Balaban J connectivity index is 2.79. The summed E-state index contributed by atoms with van der Waals surface area (Å²) in [7, 11) is 0. The summed E-state index contributed by atoms with van der Waals surface area (Å²) in [5.74, 6) is 2.13. The Kier molecular flexibility index (Phi) is 4.90. The van der Waals surface area contributed by atoms with Gasteiger partial charge in [-0.05, 0) is 58.2 Å². The molecule has 0 aliphatic heterocycles. The second kappa shape index (κ2) is 5.73. The lowest BCUT2D eigenvalue weighted by Crippen LogP contribution is -2.05. The fourth-order valence-corrected chi connectivity index (χ4v) is 1.93. The summed E-state index contributed by atoms with van der Waals surface area (Å²) < 4.78 is 6.98. The van der Waals surface area contributed by atoms with Crippen LogP contribution in [0.4, 0.5) is 0 Å². The second-order valence-corrected chi connectivity index (χ2v) is 5.83. The third-order valence-electron chi connectivity index (χ3n) is 2.14. The highest BCUT2D eigenvalue weighted by Crippen LogP contribution is 2.24. The number of hydrogen-bond donors (Lipinski definition) is 0. The first kappa shape index (κ1) is 12.8. The van der Waals surface area contributed by atoms with E-state index in [0.717, 1.165) is 12.4 Å². The van der Waals surface area contributed by atoms with Crippen molar-refractivity contribution in [1.29, 1.82) is 0 Å². The number of benzene rings is 1. The molecule has 1 rings (SSSR count). The molecule has 0 amide bonds. The molecular weight excluding hydrogens is 299 g/mol. The molecular formula is C13H19IO. The minimum absolute atomic E-state index is 0.557. The van der Waals surface area contributed by atoms with Gasteiger partial charge in [0.25, 0.3) is 0 Å². The molecule has 84 valence electrons. The van der Waals surface area contributed by atoms with E-state index in [4.69, 9.17) is 4.74 Å². The summed E-state index contributed by atoms with van der Waals surface area (Å²) in [4.78, 5) is 0. The molecule has 0 unspecified atom stereocenters. The smallest absolute Gasteiger partial charge is 0.120 e. The highest BCUT2D eigenvalue weighted by Gasteiger charge is 2.04. The molecule has 0 aromatic heterocycles. The zero-order valence-corrected chi connectivity index (χ0v) is 12.0. The van der Waals surface area contributed by atoms with Crippen molar-refractivity contribution in [2.75, 3.05) is 6.61 Å². The highest BCUT2D eigenvalue weighted by atomic mass is 127. The maximum Gasteiger partial charge on any atom is 0.120 e. The minimum atomic E-state index is 0.557. The van der Waals surface area contributed by atoms with Gasteiger partial charge >= 0.3 is 0 Å². The van der Waals surface area contributed by atoms with Gasteiger partial charge in [-0.3, -0.25) is 0 Å². The number of ether oxygens (including phenoxy) is 1. The van der Waals surface area contributed by atoms with Gasteiger partial charge < -0.3 is 4.74 Å². The summed E-state index contributed by atoms with van der Waals surface area (Å²) >= 11 is 2.34. The molecule has 1 aromatic rings. The Morgan fingerprint density at radius 2 is 1.80 bits per heavy atom. The highest BCUT2D eigenvalue weighted by molar-refractivity contribution is 14.1. The van der Waals surface area contributed by atoms with E-state index in [1.54, 1.807) is 0 Å². The van der Waals surface area contributed by atoms with Crippen molar-refractivity contribution in [2.45, 2.75) is 33.6 Å². The lowest BCUT2D eigenvalue weighted by atomic mass is 10.0. The van der Waals surface area contributed by atoms with Crippen LogP contribution in [0.2, 0.25) is 0 Å². The summed E-state index contributed by atoms with van der Waals surface area (Å²) in [6.45, 7) is 9.53. The molecule has 0 radical (unpaired) electrons. The van der Waals surface area contributed by atoms with Crippen molar-refractivity contribution in [3.05, 3.63) is 27.3 Å². The lowest BCUT2D eigenvalue weighted by Gasteiger charge is -2.12. The fraction of sp³-hybridized carbons (Fsp3) is 0.538. The molecule has 0 atom stereocenters. The van der Waals surface area contributed by atoms with Crippen molar-refractivity contribution >= 4 is 22.6 Å². The third kappa shape index (κ3) is 4.41. The van der Waals surface area contributed by atoms with Crippen LogP contribution in [0.1, 0.15) is 39.2 Å². The average Bonchev–Trinajstić information content (AvgIpc) is 2.13. The average molecular weight is 318 g/mol. The van der Waals surface area contributed by atoms with E-state index >= 15 is 0 Å². The zero-order valence-electron chi connectivity index (χ0n) is 9.88. The van der Waals surface area contributed by atoms with Crippen molar-refractivity contribution in [3.63, 3.8) is 0 Å². The van der Waals surface area contributed by atoms with Crippen LogP contribution in [0, 0.1) is 9.49 Å².